The molecule has 6 heterocycles. The first kappa shape index (κ1) is 43.7. The van der Waals surface area contributed by atoms with Gasteiger partial charge in [0.1, 0.15) is 36.1 Å². The number of aromatic nitrogens is 3. The number of carbonyl (C=O) groups is 1. The number of rotatable bonds is 11. The lowest BCUT2D eigenvalue weighted by atomic mass is 9.94. The highest BCUT2D eigenvalue weighted by Crippen LogP contribution is 2.45. The number of hydrogen-bond donors (Lipinski definition) is 0. The molecule has 2 bridgehead atoms. The van der Waals surface area contributed by atoms with Crippen LogP contribution in [0.25, 0.3) is 32.9 Å². The lowest BCUT2D eigenvalue weighted by Gasteiger charge is -2.44. The molecule has 4 aliphatic rings. The third-order valence-corrected chi connectivity index (χ3v) is 19.4. The largest absolute Gasteiger partial charge is 0.461 e. The molecule has 0 aliphatic carbocycles. The van der Waals surface area contributed by atoms with E-state index in [1.807, 2.05) is 11.0 Å². The molecule has 0 saturated carbocycles. The van der Waals surface area contributed by atoms with Crippen molar-refractivity contribution in [3.8, 4) is 29.6 Å². The average molecular weight is 905 g/mol. The van der Waals surface area contributed by atoms with E-state index >= 15 is 8.78 Å². The van der Waals surface area contributed by atoms with Crippen LogP contribution >= 0.6 is 0 Å². The van der Waals surface area contributed by atoms with Crippen LogP contribution in [-0.4, -0.2) is 102 Å². The van der Waals surface area contributed by atoms with Crippen LogP contribution in [0.1, 0.15) is 58.4 Å². The predicted octanol–water partition coefficient (Wildman–Crippen LogP) is 8.64. The number of anilines is 1. The molecule has 0 N–H and O–H groups in total. The molecule has 4 saturated heterocycles. The number of benzene rings is 4. The smallest absolute Gasteiger partial charge is 0.410 e. The van der Waals surface area contributed by atoms with E-state index in [0.717, 1.165) is 45.2 Å². The fourth-order valence-electron chi connectivity index (χ4n) is 11.5. The summed E-state index contributed by atoms with van der Waals surface area (Å²) >= 11 is 0. The van der Waals surface area contributed by atoms with E-state index in [4.69, 9.17) is 30.3 Å². The number of fused-ring (bicyclic) bond motifs is 5. The van der Waals surface area contributed by atoms with Gasteiger partial charge in [-0.15, -0.1) is 6.42 Å². The van der Waals surface area contributed by atoms with Crippen molar-refractivity contribution < 1.29 is 27.5 Å². The summed E-state index contributed by atoms with van der Waals surface area (Å²) in [6.07, 6.45) is 12.8. The third-order valence-electron chi connectivity index (χ3n) is 14.4. The summed E-state index contributed by atoms with van der Waals surface area (Å²) in [4.78, 5) is 34.1. The zero-order chi connectivity index (χ0) is 45.8. The van der Waals surface area contributed by atoms with Gasteiger partial charge in [0, 0.05) is 36.8 Å². The molecule has 2 aromatic heterocycles. The fraction of sp³-hybridized carbons (Fsp3) is 0.358. The summed E-state index contributed by atoms with van der Waals surface area (Å²) in [5, 5.41) is 3.74. The maximum atomic E-state index is 17.5. The Labute approximate surface area is 385 Å². The van der Waals surface area contributed by atoms with E-state index in [0.29, 0.717) is 40.6 Å². The van der Waals surface area contributed by atoms with Crippen molar-refractivity contribution in [3.63, 3.8) is 0 Å². The van der Waals surface area contributed by atoms with Crippen molar-refractivity contribution >= 4 is 52.3 Å². The van der Waals surface area contributed by atoms with Gasteiger partial charge in [0.05, 0.1) is 34.7 Å². The molecule has 4 atom stereocenters. The maximum Gasteiger partial charge on any atom is 0.410 e. The van der Waals surface area contributed by atoms with Crippen LogP contribution in [0.3, 0.4) is 0 Å². The number of halogens is 2. The zero-order valence-corrected chi connectivity index (χ0v) is 38.7. The highest BCUT2D eigenvalue weighted by molar-refractivity contribution is 6.99. The highest BCUT2D eigenvalue weighted by atomic mass is 28.4. The first-order valence-electron chi connectivity index (χ1n) is 23.0. The first-order valence-corrected chi connectivity index (χ1v) is 24.9. The molecule has 13 heteroatoms. The van der Waals surface area contributed by atoms with Crippen LogP contribution in [0.5, 0.6) is 6.01 Å². The van der Waals surface area contributed by atoms with Crippen LogP contribution in [0.4, 0.5) is 19.4 Å². The van der Waals surface area contributed by atoms with E-state index in [2.05, 4.69) is 109 Å². The number of amides is 1. The van der Waals surface area contributed by atoms with Crippen LogP contribution < -0.4 is 20.0 Å². The van der Waals surface area contributed by atoms with Crippen LogP contribution in [-0.2, 0) is 9.16 Å². The molecule has 4 aliphatic heterocycles. The number of pyridine rings is 1. The van der Waals surface area contributed by atoms with Gasteiger partial charge >= 0.3 is 12.1 Å². The van der Waals surface area contributed by atoms with Crippen LogP contribution in [0.2, 0.25) is 5.04 Å². The fourth-order valence-corrected chi connectivity index (χ4v) is 16.1. The van der Waals surface area contributed by atoms with E-state index < -0.39 is 20.0 Å². The number of piperazine rings is 1. The van der Waals surface area contributed by atoms with Gasteiger partial charge in [-0.25, -0.2) is 13.6 Å². The molecule has 6 aromatic rings. The molecular weight excluding hydrogens is 851 g/mol. The van der Waals surface area contributed by atoms with Crippen molar-refractivity contribution in [2.45, 2.75) is 81.6 Å². The molecule has 10 rings (SSSR count). The molecule has 0 unspecified atom stereocenters. The Morgan fingerprint density at radius 2 is 1.67 bits per heavy atom. The molecule has 10 nitrogen and oxygen atoms in total. The van der Waals surface area contributed by atoms with Crippen molar-refractivity contribution in [3.05, 3.63) is 127 Å². The number of nitrogens with zero attached hydrogens (tertiary/aromatic N) is 6. The predicted molar refractivity (Wildman–Crippen MR) is 257 cm³/mol. The molecule has 4 fully saturated rings. The monoisotopic (exact) mass is 904 g/mol. The first-order chi connectivity index (χ1) is 31.9. The highest BCUT2D eigenvalue weighted by Gasteiger charge is 2.56. The van der Waals surface area contributed by atoms with Gasteiger partial charge in [-0.2, -0.15) is 9.97 Å². The minimum Gasteiger partial charge on any atom is -0.461 e. The van der Waals surface area contributed by atoms with Crippen molar-refractivity contribution in [2.75, 3.05) is 44.3 Å². The van der Waals surface area contributed by atoms with E-state index in [1.165, 1.54) is 16.4 Å². The van der Waals surface area contributed by atoms with E-state index in [1.54, 1.807) is 30.5 Å². The Hall–Kier alpha value is -6.20. The normalized spacial score (nSPS) is 21.8. The summed E-state index contributed by atoms with van der Waals surface area (Å²) in [5.74, 6) is 1.67. The lowest BCUT2D eigenvalue weighted by Crippen LogP contribution is -2.67. The Morgan fingerprint density at radius 3 is 2.33 bits per heavy atom. The van der Waals surface area contributed by atoms with Crippen molar-refractivity contribution in [1.29, 1.82) is 0 Å². The Balaban J connectivity index is 1.02. The Kier molecular flexibility index (Phi) is 11.4. The summed E-state index contributed by atoms with van der Waals surface area (Å²) in [7, 11) is -2.84. The molecule has 0 radical (unpaired) electrons. The van der Waals surface area contributed by atoms with Gasteiger partial charge in [0.15, 0.2) is 5.82 Å². The van der Waals surface area contributed by atoms with Crippen molar-refractivity contribution in [2.24, 2.45) is 0 Å². The molecular formula is C53H54F2N6O4Si. The topological polar surface area (TPSA) is 93.2 Å². The van der Waals surface area contributed by atoms with E-state index in [-0.39, 0.29) is 70.9 Å². The number of hydrogen-bond acceptors (Lipinski definition) is 9. The van der Waals surface area contributed by atoms with Crippen LogP contribution in [0, 0.1) is 24.0 Å². The van der Waals surface area contributed by atoms with Gasteiger partial charge in [0.25, 0.3) is 8.32 Å². The van der Waals surface area contributed by atoms with Crippen LogP contribution in [0.15, 0.2) is 110 Å². The molecule has 338 valence electrons. The number of ether oxygens (including phenoxy) is 2. The van der Waals surface area contributed by atoms with E-state index in [9.17, 15) is 4.79 Å². The third kappa shape index (κ3) is 7.39. The Morgan fingerprint density at radius 1 is 0.955 bits per heavy atom. The second-order valence-corrected chi connectivity index (χ2v) is 23.5. The summed E-state index contributed by atoms with van der Waals surface area (Å²) in [5.41, 5.74) is 0.0401. The van der Waals surface area contributed by atoms with Gasteiger partial charge in [-0.05, 0) is 65.5 Å². The lowest BCUT2D eigenvalue weighted by molar-refractivity contribution is 0.0867. The number of terminal acetylenes is 1. The second-order valence-electron chi connectivity index (χ2n) is 19.2. The average Bonchev–Trinajstić information content (AvgIpc) is 3.96. The van der Waals surface area contributed by atoms with Gasteiger partial charge in [-0.3, -0.25) is 14.8 Å². The molecule has 4 aromatic carbocycles. The SMILES string of the molecule is C#Cc1c(F)ccc2cccc(-c3ncc4c(N5C[C@H]6CC[C@@H](C5)N6C(=O)OCC=C)nc(OC[C@@]56CCCN5C[C@H](O[Si](c5ccccc5)(c5ccccc5)C(C)(C)C)C6)nc4c3F)c12. The van der Waals surface area contributed by atoms with Gasteiger partial charge in [0.2, 0.25) is 0 Å². The summed E-state index contributed by atoms with van der Waals surface area (Å²) in [6.45, 7) is 13.6. The zero-order valence-electron chi connectivity index (χ0n) is 37.7. The Bertz CT molecular complexity index is 2820. The van der Waals surface area contributed by atoms with Gasteiger partial charge < -0.3 is 18.8 Å². The molecule has 1 amide bonds. The number of carbonyl (C=O) groups excluding carboxylic acids is 1. The summed E-state index contributed by atoms with van der Waals surface area (Å²) in [6, 6.07) is 29.4. The molecule has 0 spiro atoms. The van der Waals surface area contributed by atoms with Crippen molar-refractivity contribution in [1.82, 2.24) is 24.8 Å². The maximum absolute atomic E-state index is 17.5. The summed E-state index contributed by atoms with van der Waals surface area (Å²) < 4.78 is 52.5. The quantitative estimate of drug-likeness (QED) is 0.0720. The van der Waals surface area contributed by atoms with Gasteiger partial charge in [-0.1, -0.05) is 124 Å². The standard InChI is InChI=1S/C53H54F2N6O4Si/c1-6-28-63-51(62)61-36-23-24-37(61)32-59(31-36)49-43-30-56-47(42-21-14-16-35-22-25-44(54)41(7-2)45(35)42)46(55)48(43)57-50(58-49)64-34-53-26-15-27-60(53)33-38(29-53)65-66(52(3,4)5,39-17-10-8-11-18-39)40-19-12-9-13-20-40/h2,6,8-14,16-22,25,30,36-38H,1,15,23-24,26-29,31-34H2,3-5H3/t36-,37+,38-,53+/m1/s1. The second kappa shape index (κ2) is 17.2. The minimum atomic E-state index is -2.84. The minimum absolute atomic E-state index is 0.0136. The molecule has 66 heavy (non-hydrogen) atoms.